The zero-order valence-corrected chi connectivity index (χ0v) is 12.8. The van der Waals surface area contributed by atoms with E-state index in [2.05, 4.69) is 17.1 Å². The summed E-state index contributed by atoms with van der Waals surface area (Å²) in [5.41, 5.74) is 5.64. The molecule has 1 aliphatic heterocycles. The summed E-state index contributed by atoms with van der Waals surface area (Å²) in [6.07, 6.45) is 5.03. The normalized spacial score (nSPS) is 22.5. The molecule has 112 valence electrons. The van der Waals surface area contributed by atoms with Crippen molar-refractivity contribution in [2.75, 3.05) is 26.2 Å². The molecule has 19 heavy (non-hydrogen) atoms. The first-order valence-corrected chi connectivity index (χ1v) is 7.78. The molecule has 4 nitrogen and oxygen atoms in total. The van der Waals surface area contributed by atoms with E-state index in [-0.39, 0.29) is 11.8 Å². The van der Waals surface area contributed by atoms with Crippen LogP contribution in [0.2, 0.25) is 0 Å². The van der Waals surface area contributed by atoms with Gasteiger partial charge in [-0.3, -0.25) is 4.79 Å². The summed E-state index contributed by atoms with van der Waals surface area (Å²) in [6.45, 7) is 9.92. The molecule has 0 aliphatic carbocycles. The molecule has 1 heterocycles. The third-order valence-corrected chi connectivity index (χ3v) is 4.26. The number of nitrogens with two attached hydrogens (primary N) is 1. The van der Waals surface area contributed by atoms with Crippen LogP contribution < -0.4 is 11.1 Å². The lowest BCUT2D eigenvalue weighted by Gasteiger charge is -2.33. The van der Waals surface area contributed by atoms with Gasteiger partial charge in [-0.05, 0) is 38.6 Å². The van der Waals surface area contributed by atoms with Crippen LogP contribution in [-0.4, -0.2) is 43.0 Å². The van der Waals surface area contributed by atoms with Crippen molar-refractivity contribution in [3.8, 4) is 0 Å². The molecule has 3 N–H and O–H groups in total. The van der Waals surface area contributed by atoms with Crippen molar-refractivity contribution in [3.63, 3.8) is 0 Å². The molecule has 0 aromatic heterocycles. The van der Waals surface area contributed by atoms with Crippen molar-refractivity contribution in [2.45, 2.75) is 52.5 Å². The monoisotopic (exact) mass is 269 g/mol. The Kier molecular flexibility index (Phi) is 7.39. The number of carbonyl (C=O) groups is 1. The predicted molar refractivity (Wildman–Crippen MR) is 79.9 cm³/mol. The lowest BCUT2D eigenvalue weighted by Crippen LogP contribution is -2.41. The zero-order chi connectivity index (χ0) is 14.3. The number of nitrogens with zero attached hydrogens (tertiary/aromatic N) is 1. The van der Waals surface area contributed by atoms with Gasteiger partial charge in [0, 0.05) is 25.7 Å². The Morgan fingerprint density at radius 1 is 1.42 bits per heavy atom. The maximum absolute atomic E-state index is 11.9. The van der Waals surface area contributed by atoms with Gasteiger partial charge in [-0.25, -0.2) is 0 Å². The van der Waals surface area contributed by atoms with Gasteiger partial charge in [0.1, 0.15) is 0 Å². The van der Waals surface area contributed by atoms with Crippen LogP contribution in [0.1, 0.15) is 46.5 Å². The van der Waals surface area contributed by atoms with E-state index in [1.54, 1.807) is 0 Å². The van der Waals surface area contributed by atoms with E-state index in [0.29, 0.717) is 18.5 Å². The summed E-state index contributed by atoms with van der Waals surface area (Å²) in [5, 5.41) is 3.02. The van der Waals surface area contributed by atoms with Gasteiger partial charge in [-0.2, -0.15) is 0 Å². The second-order valence-electron chi connectivity index (χ2n) is 6.11. The molecule has 0 radical (unpaired) electrons. The van der Waals surface area contributed by atoms with Crippen LogP contribution in [0.3, 0.4) is 0 Å². The maximum Gasteiger partial charge on any atom is 0.224 e. The number of amides is 1. The van der Waals surface area contributed by atoms with Gasteiger partial charge in [0.05, 0.1) is 5.92 Å². The summed E-state index contributed by atoms with van der Waals surface area (Å²) in [4.78, 5) is 14.5. The molecular formula is C15H31N3O. The first kappa shape index (κ1) is 16.4. The molecule has 0 spiro atoms. The number of hydrogen-bond acceptors (Lipinski definition) is 3. The molecule has 4 heteroatoms. The number of piperidine rings is 1. The second kappa shape index (κ2) is 8.54. The summed E-state index contributed by atoms with van der Waals surface area (Å²) < 4.78 is 0. The molecular weight excluding hydrogens is 238 g/mol. The molecule has 1 fully saturated rings. The van der Waals surface area contributed by atoms with Gasteiger partial charge < -0.3 is 16.0 Å². The highest BCUT2D eigenvalue weighted by atomic mass is 16.1. The van der Waals surface area contributed by atoms with Crippen LogP contribution in [-0.2, 0) is 4.79 Å². The number of nitrogens with one attached hydrogen (secondary N) is 1. The number of likely N-dealkylation sites (tertiary alicyclic amines) is 1. The van der Waals surface area contributed by atoms with Crippen molar-refractivity contribution in [1.82, 2.24) is 10.2 Å². The molecule has 1 rings (SSSR count). The Bertz CT molecular complexity index is 268. The minimum atomic E-state index is -0.0473. The number of carbonyl (C=O) groups excluding carboxylic acids is 1. The van der Waals surface area contributed by atoms with Crippen molar-refractivity contribution in [2.24, 2.45) is 17.6 Å². The molecule has 1 aliphatic rings. The van der Waals surface area contributed by atoms with Crippen LogP contribution in [0.4, 0.5) is 0 Å². The van der Waals surface area contributed by atoms with Crippen LogP contribution in [0, 0.1) is 11.8 Å². The van der Waals surface area contributed by atoms with Crippen molar-refractivity contribution < 1.29 is 4.79 Å². The first-order valence-electron chi connectivity index (χ1n) is 7.78. The topological polar surface area (TPSA) is 58.4 Å². The molecule has 2 unspecified atom stereocenters. The average Bonchev–Trinajstić information content (AvgIpc) is 2.37. The average molecular weight is 269 g/mol. The van der Waals surface area contributed by atoms with Gasteiger partial charge >= 0.3 is 0 Å². The van der Waals surface area contributed by atoms with Gasteiger partial charge in [0.25, 0.3) is 0 Å². The summed E-state index contributed by atoms with van der Waals surface area (Å²) in [5.74, 6) is 0.380. The molecule has 0 bridgehead atoms. The third kappa shape index (κ3) is 5.49. The van der Waals surface area contributed by atoms with Crippen LogP contribution in [0.15, 0.2) is 0 Å². The Morgan fingerprint density at radius 3 is 2.74 bits per heavy atom. The predicted octanol–water partition coefficient (Wildman–Crippen LogP) is 1.60. The van der Waals surface area contributed by atoms with Crippen molar-refractivity contribution in [3.05, 3.63) is 0 Å². The number of hydrogen-bond donors (Lipinski definition) is 2. The Labute approximate surface area is 118 Å². The Morgan fingerprint density at radius 2 is 2.16 bits per heavy atom. The molecule has 1 saturated heterocycles. The van der Waals surface area contributed by atoms with Gasteiger partial charge in [-0.15, -0.1) is 0 Å². The maximum atomic E-state index is 11.9. The summed E-state index contributed by atoms with van der Waals surface area (Å²) in [6, 6.07) is 0.705. The quantitative estimate of drug-likeness (QED) is 0.690. The van der Waals surface area contributed by atoms with E-state index < -0.39 is 0 Å². The van der Waals surface area contributed by atoms with Gasteiger partial charge in [0.2, 0.25) is 5.91 Å². The lowest BCUT2D eigenvalue weighted by atomic mass is 9.95. The number of rotatable bonds is 7. The van der Waals surface area contributed by atoms with Gasteiger partial charge in [-0.1, -0.05) is 20.3 Å². The van der Waals surface area contributed by atoms with E-state index in [9.17, 15) is 4.79 Å². The second-order valence-corrected chi connectivity index (χ2v) is 6.11. The Hall–Kier alpha value is -0.610. The van der Waals surface area contributed by atoms with Crippen LogP contribution in [0.25, 0.3) is 0 Å². The highest BCUT2D eigenvalue weighted by Crippen LogP contribution is 2.16. The fourth-order valence-electron chi connectivity index (χ4n) is 2.80. The standard InChI is InChI=1S/C15H31N3O/c1-12(2)14(11-16)15(19)17-8-6-10-18-9-5-4-7-13(18)3/h12-14H,4-11,16H2,1-3H3,(H,17,19). The van der Waals surface area contributed by atoms with E-state index in [4.69, 9.17) is 5.73 Å². The highest BCUT2D eigenvalue weighted by Gasteiger charge is 2.20. The van der Waals surface area contributed by atoms with Crippen LogP contribution >= 0.6 is 0 Å². The van der Waals surface area contributed by atoms with E-state index in [1.165, 1.54) is 25.8 Å². The molecule has 0 aromatic rings. The summed E-state index contributed by atoms with van der Waals surface area (Å²) in [7, 11) is 0. The largest absolute Gasteiger partial charge is 0.356 e. The minimum absolute atomic E-state index is 0.0473. The SMILES string of the molecule is CC(C)C(CN)C(=O)NCCCN1CCCCC1C. The molecule has 0 aromatic carbocycles. The fraction of sp³-hybridized carbons (Fsp3) is 0.933. The summed E-state index contributed by atoms with van der Waals surface area (Å²) >= 11 is 0. The zero-order valence-electron chi connectivity index (χ0n) is 12.8. The molecule has 2 atom stereocenters. The van der Waals surface area contributed by atoms with E-state index >= 15 is 0 Å². The first-order chi connectivity index (χ1) is 9.06. The van der Waals surface area contributed by atoms with Crippen molar-refractivity contribution >= 4 is 5.91 Å². The highest BCUT2D eigenvalue weighted by molar-refractivity contribution is 5.79. The van der Waals surface area contributed by atoms with Gasteiger partial charge in [0.15, 0.2) is 0 Å². The lowest BCUT2D eigenvalue weighted by molar-refractivity contribution is -0.125. The smallest absolute Gasteiger partial charge is 0.224 e. The molecule has 1 amide bonds. The van der Waals surface area contributed by atoms with E-state index in [0.717, 1.165) is 19.5 Å². The Balaban J connectivity index is 2.17. The third-order valence-electron chi connectivity index (χ3n) is 4.26. The van der Waals surface area contributed by atoms with E-state index in [1.807, 2.05) is 13.8 Å². The minimum Gasteiger partial charge on any atom is -0.356 e. The van der Waals surface area contributed by atoms with Crippen molar-refractivity contribution in [1.29, 1.82) is 0 Å². The van der Waals surface area contributed by atoms with Crippen LogP contribution in [0.5, 0.6) is 0 Å². The molecule has 0 saturated carbocycles. The fourth-order valence-corrected chi connectivity index (χ4v) is 2.80.